The van der Waals surface area contributed by atoms with E-state index in [1.165, 1.54) is 4.90 Å². The zero-order valence-electron chi connectivity index (χ0n) is 12.6. The zero-order valence-corrected chi connectivity index (χ0v) is 12.6. The van der Waals surface area contributed by atoms with Crippen molar-refractivity contribution in [1.29, 1.82) is 0 Å². The van der Waals surface area contributed by atoms with Gasteiger partial charge in [0.05, 0.1) is 5.92 Å². The van der Waals surface area contributed by atoms with Crippen molar-refractivity contribution in [3.05, 3.63) is 77.4 Å². The maximum atomic E-state index is 12.6. The van der Waals surface area contributed by atoms with Crippen LogP contribution in [0, 0.1) is 5.92 Å². The number of nitrogens with zero attached hydrogens (tertiary/aromatic N) is 1. The number of carbonyl (C=O) groups is 2. The van der Waals surface area contributed by atoms with E-state index in [-0.39, 0.29) is 11.8 Å². The normalized spacial score (nSPS) is 18.0. The van der Waals surface area contributed by atoms with Gasteiger partial charge in [-0.1, -0.05) is 60.7 Å². The van der Waals surface area contributed by atoms with Crippen LogP contribution in [0.2, 0.25) is 0 Å². The monoisotopic (exact) mass is 291 g/mol. The van der Waals surface area contributed by atoms with Crippen molar-refractivity contribution in [2.75, 3.05) is 7.05 Å². The molecule has 0 N–H and O–H groups in total. The van der Waals surface area contributed by atoms with Crippen LogP contribution in [0.1, 0.15) is 18.1 Å². The molecule has 1 aliphatic heterocycles. The topological polar surface area (TPSA) is 37.4 Å². The molecule has 3 nitrogen and oxygen atoms in total. The van der Waals surface area contributed by atoms with Crippen LogP contribution >= 0.6 is 0 Å². The van der Waals surface area contributed by atoms with Crippen LogP contribution in [0.4, 0.5) is 0 Å². The maximum Gasteiger partial charge on any atom is 0.257 e. The number of hydrogen-bond donors (Lipinski definition) is 0. The van der Waals surface area contributed by atoms with Crippen LogP contribution in [0.15, 0.2) is 66.2 Å². The van der Waals surface area contributed by atoms with Crippen LogP contribution in [0.5, 0.6) is 0 Å². The third-order valence-electron chi connectivity index (χ3n) is 4.06. The third kappa shape index (κ3) is 2.25. The zero-order chi connectivity index (χ0) is 15.7. The molecule has 110 valence electrons. The number of carbonyl (C=O) groups excluding carboxylic acids is 2. The summed E-state index contributed by atoms with van der Waals surface area (Å²) in [5.74, 6) is -0.780. The largest absolute Gasteiger partial charge is 0.281 e. The quantitative estimate of drug-likeness (QED) is 0.630. The first kappa shape index (κ1) is 14.3. The lowest BCUT2D eigenvalue weighted by Gasteiger charge is -2.13. The lowest BCUT2D eigenvalue weighted by atomic mass is 9.88. The van der Waals surface area contributed by atoms with E-state index in [2.05, 4.69) is 0 Å². The lowest BCUT2D eigenvalue weighted by molar-refractivity contribution is -0.137. The third-order valence-corrected chi connectivity index (χ3v) is 4.06. The van der Waals surface area contributed by atoms with Gasteiger partial charge in [0, 0.05) is 12.6 Å². The fourth-order valence-corrected chi connectivity index (χ4v) is 2.89. The molecule has 0 aromatic heterocycles. The number of amides is 2. The smallest absolute Gasteiger partial charge is 0.257 e. The van der Waals surface area contributed by atoms with E-state index in [9.17, 15) is 9.59 Å². The molecule has 0 spiro atoms. The van der Waals surface area contributed by atoms with E-state index in [1.54, 1.807) is 14.0 Å². The Kier molecular flexibility index (Phi) is 3.63. The van der Waals surface area contributed by atoms with Gasteiger partial charge < -0.3 is 0 Å². The van der Waals surface area contributed by atoms with Crippen LogP contribution in [-0.4, -0.2) is 23.8 Å². The Bertz CT molecular complexity index is 706. The molecular formula is C19H17NO2. The fraction of sp³-hybridized carbons (Fsp3) is 0.158. The Morgan fingerprint density at radius 3 is 1.68 bits per heavy atom. The maximum absolute atomic E-state index is 12.6. The van der Waals surface area contributed by atoms with Gasteiger partial charge in [-0.3, -0.25) is 14.5 Å². The molecule has 3 rings (SSSR count). The molecule has 1 unspecified atom stereocenters. The predicted octanol–water partition coefficient (Wildman–Crippen LogP) is 3.12. The standard InChI is InChI=1S/C19H17NO2/c1-13-16(19(22)20(2)18(13)21)17(14-9-5-3-6-10-14)15-11-7-4-8-12-15/h3-13H,1-2H3. The van der Waals surface area contributed by atoms with Gasteiger partial charge in [-0.25, -0.2) is 0 Å². The number of rotatable bonds is 2. The highest BCUT2D eigenvalue weighted by atomic mass is 16.2. The van der Waals surface area contributed by atoms with Crippen molar-refractivity contribution in [3.63, 3.8) is 0 Å². The Morgan fingerprint density at radius 2 is 1.32 bits per heavy atom. The highest BCUT2D eigenvalue weighted by Crippen LogP contribution is 2.35. The molecule has 3 heteroatoms. The average molecular weight is 291 g/mol. The van der Waals surface area contributed by atoms with Crippen molar-refractivity contribution in [2.45, 2.75) is 6.92 Å². The second kappa shape index (κ2) is 5.60. The predicted molar refractivity (Wildman–Crippen MR) is 85.8 cm³/mol. The molecule has 0 saturated carbocycles. The molecule has 1 aliphatic rings. The first-order valence-electron chi connectivity index (χ1n) is 7.28. The summed E-state index contributed by atoms with van der Waals surface area (Å²) in [4.78, 5) is 25.9. The molecule has 2 aromatic rings. The molecule has 1 fully saturated rings. The number of benzene rings is 2. The highest BCUT2D eigenvalue weighted by Gasteiger charge is 2.40. The van der Waals surface area contributed by atoms with Crippen LogP contribution < -0.4 is 0 Å². The molecule has 0 radical (unpaired) electrons. The average Bonchev–Trinajstić information content (AvgIpc) is 2.75. The Hall–Kier alpha value is -2.68. The van der Waals surface area contributed by atoms with Crippen LogP contribution in [0.3, 0.4) is 0 Å². The van der Waals surface area contributed by atoms with E-state index in [1.807, 2.05) is 60.7 Å². The number of likely N-dealkylation sites (N-methyl/N-ethyl adjacent to an activating group) is 1. The van der Waals surface area contributed by atoms with Gasteiger partial charge in [0.1, 0.15) is 0 Å². The summed E-state index contributed by atoms with van der Waals surface area (Å²) < 4.78 is 0. The van der Waals surface area contributed by atoms with Crippen molar-refractivity contribution in [3.8, 4) is 0 Å². The van der Waals surface area contributed by atoms with Gasteiger partial charge in [0.2, 0.25) is 5.91 Å². The summed E-state index contributed by atoms with van der Waals surface area (Å²) in [5, 5.41) is 0. The van der Waals surface area contributed by atoms with Crippen molar-refractivity contribution < 1.29 is 9.59 Å². The molecular weight excluding hydrogens is 274 g/mol. The van der Waals surface area contributed by atoms with E-state index in [4.69, 9.17) is 0 Å². The minimum absolute atomic E-state index is 0.149. The van der Waals surface area contributed by atoms with Gasteiger partial charge in [-0.05, 0) is 23.6 Å². The molecule has 1 atom stereocenters. The van der Waals surface area contributed by atoms with Crippen LogP contribution in [0.25, 0.3) is 5.57 Å². The molecule has 2 amide bonds. The number of likely N-dealkylation sites (tertiary alicyclic amines) is 1. The molecule has 22 heavy (non-hydrogen) atoms. The molecule has 1 saturated heterocycles. The van der Waals surface area contributed by atoms with Crippen molar-refractivity contribution in [1.82, 2.24) is 4.90 Å². The summed E-state index contributed by atoms with van der Waals surface area (Å²) in [7, 11) is 1.54. The van der Waals surface area contributed by atoms with E-state index in [0.717, 1.165) is 16.7 Å². The van der Waals surface area contributed by atoms with Crippen LogP contribution in [-0.2, 0) is 9.59 Å². The molecule has 1 heterocycles. The highest BCUT2D eigenvalue weighted by molar-refractivity contribution is 6.19. The summed E-state index contributed by atoms with van der Waals surface area (Å²) in [6.45, 7) is 1.80. The Labute approximate surface area is 129 Å². The second-order valence-electron chi connectivity index (χ2n) is 5.44. The minimum Gasteiger partial charge on any atom is -0.281 e. The number of hydrogen-bond acceptors (Lipinski definition) is 2. The fourth-order valence-electron chi connectivity index (χ4n) is 2.89. The second-order valence-corrected chi connectivity index (χ2v) is 5.44. The Morgan fingerprint density at radius 1 is 0.864 bits per heavy atom. The summed E-state index contributed by atoms with van der Waals surface area (Å²) in [6, 6.07) is 19.5. The summed E-state index contributed by atoms with van der Waals surface area (Å²) in [6.07, 6.45) is 0. The molecule has 0 aliphatic carbocycles. The van der Waals surface area contributed by atoms with Crippen molar-refractivity contribution in [2.24, 2.45) is 5.92 Å². The van der Waals surface area contributed by atoms with E-state index < -0.39 is 5.92 Å². The van der Waals surface area contributed by atoms with Gasteiger partial charge >= 0.3 is 0 Å². The van der Waals surface area contributed by atoms with E-state index >= 15 is 0 Å². The summed E-state index contributed by atoms with van der Waals surface area (Å²) in [5.41, 5.74) is 3.32. The van der Waals surface area contributed by atoms with Gasteiger partial charge in [0.25, 0.3) is 5.91 Å². The number of imide groups is 1. The van der Waals surface area contributed by atoms with Gasteiger partial charge in [-0.15, -0.1) is 0 Å². The molecule has 0 bridgehead atoms. The Balaban J connectivity index is 2.29. The van der Waals surface area contributed by atoms with Gasteiger partial charge in [-0.2, -0.15) is 0 Å². The first-order chi connectivity index (χ1) is 10.6. The van der Waals surface area contributed by atoms with Gasteiger partial charge in [0.15, 0.2) is 0 Å². The lowest BCUT2D eigenvalue weighted by Crippen LogP contribution is -2.25. The van der Waals surface area contributed by atoms with E-state index in [0.29, 0.717) is 5.57 Å². The summed E-state index contributed by atoms with van der Waals surface area (Å²) >= 11 is 0. The molecule has 2 aromatic carbocycles. The SMILES string of the molecule is CC1C(=O)N(C)C(=O)C1=C(c1ccccc1)c1ccccc1. The van der Waals surface area contributed by atoms with Crippen molar-refractivity contribution >= 4 is 17.4 Å². The first-order valence-corrected chi connectivity index (χ1v) is 7.28. The minimum atomic E-state index is -0.423.